The Labute approximate surface area is 75.9 Å². The summed E-state index contributed by atoms with van der Waals surface area (Å²) in [5.41, 5.74) is 10.6. The van der Waals surface area contributed by atoms with Crippen LogP contribution in [0.2, 0.25) is 0 Å². The summed E-state index contributed by atoms with van der Waals surface area (Å²) in [4.78, 5) is 0. The molecule has 1 radical (unpaired) electrons. The van der Waals surface area contributed by atoms with E-state index < -0.39 is 0 Å². The third-order valence-corrected chi connectivity index (χ3v) is 1.41. The van der Waals surface area contributed by atoms with E-state index >= 15 is 0 Å². The average Bonchev–Trinajstić information content (AvgIpc) is 1.89. The van der Waals surface area contributed by atoms with Crippen molar-refractivity contribution in [1.29, 1.82) is 0 Å². The molecule has 0 aliphatic rings. The van der Waals surface area contributed by atoms with Gasteiger partial charge in [0.05, 0.1) is 0 Å². The van der Waals surface area contributed by atoms with Crippen molar-refractivity contribution in [3.8, 4) is 0 Å². The van der Waals surface area contributed by atoms with Gasteiger partial charge in [-0.1, -0.05) is 19.3 Å². The van der Waals surface area contributed by atoms with Crippen LogP contribution in [0.5, 0.6) is 0 Å². The van der Waals surface area contributed by atoms with Crippen LogP contribution in [0.25, 0.3) is 0 Å². The van der Waals surface area contributed by atoms with Gasteiger partial charge in [-0.15, -0.1) is 0 Å². The second kappa shape index (κ2) is 12.2. The molecule has 0 saturated carbocycles. The van der Waals surface area contributed by atoms with E-state index in [9.17, 15) is 0 Å². The molecule has 0 aromatic rings. The quantitative estimate of drug-likeness (QED) is 0.413. The smallest absolute Gasteiger partial charge is 0 e. The molecule has 0 aromatic heterocycles. The van der Waals surface area contributed by atoms with Gasteiger partial charge in [-0.3, -0.25) is 0 Å². The molecule has 3 heteroatoms. The third kappa shape index (κ3) is 11.3. The van der Waals surface area contributed by atoms with Crippen molar-refractivity contribution in [2.45, 2.75) is 32.1 Å². The molecule has 0 aromatic carbocycles. The topological polar surface area (TPSA) is 52.0 Å². The van der Waals surface area contributed by atoms with Gasteiger partial charge in [-0.2, -0.15) is 0 Å². The molecule has 0 bridgehead atoms. The van der Waals surface area contributed by atoms with Crippen LogP contribution in [-0.4, -0.2) is 32.0 Å². The fourth-order valence-electron chi connectivity index (χ4n) is 0.819. The molecule has 10 heavy (non-hydrogen) atoms. The van der Waals surface area contributed by atoms with Gasteiger partial charge in [0.1, 0.15) is 0 Å². The summed E-state index contributed by atoms with van der Waals surface area (Å²) in [6.07, 6.45) is 6.19. The second-order valence-corrected chi connectivity index (χ2v) is 2.35. The van der Waals surface area contributed by atoms with Crippen molar-refractivity contribution in [3.63, 3.8) is 0 Å². The van der Waals surface area contributed by atoms with E-state index in [0.717, 1.165) is 13.1 Å². The molecule has 0 fully saturated rings. The summed E-state index contributed by atoms with van der Waals surface area (Å²) in [5.74, 6) is 0. The predicted octanol–water partition coefficient (Wildman–Crippen LogP) is 0.474. The number of rotatable bonds is 6. The first-order valence-electron chi connectivity index (χ1n) is 3.82. The van der Waals surface area contributed by atoms with Crippen molar-refractivity contribution in [2.75, 3.05) is 13.1 Å². The second-order valence-electron chi connectivity index (χ2n) is 2.35. The van der Waals surface area contributed by atoms with E-state index in [0.29, 0.717) is 0 Å². The Bertz CT molecular complexity index is 44.9. The zero-order valence-electron chi connectivity index (χ0n) is 7.10. The van der Waals surface area contributed by atoms with Crippen molar-refractivity contribution in [1.82, 2.24) is 0 Å². The maximum absolute atomic E-state index is 5.32. The number of hydrogen-bond acceptors (Lipinski definition) is 2. The van der Waals surface area contributed by atoms with Gasteiger partial charge in [0.15, 0.2) is 0 Å². The average molecular weight is 137 g/mol. The minimum absolute atomic E-state index is 0. The molecule has 0 atom stereocenters. The molecule has 0 aliphatic carbocycles. The van der Waals surface area contributed by atoms with Crippen LogP contribution in [-0.2, 0) is 0 Å². The first-order valence-corrected chi connectivity index (χ1v) is 3.82. The summed E-state index contributed by atoms with van der Waals surface area (Å²) < 4.78 is 0. The summed E-state index contributed by atoms with van der Waals surface area (Å²) in [5, 5.41) is 0. The van der Waals surface area contributed by atoms with E-state index in [1.165, 1.54) is 32.1 Å². The van der Waals surface area contributed by atoms with Gasteiger partial charge in [-0.05, 0) is 25.9 Å². The molecule has 0 unspecified atom stereocenters. The van der Waals surface area contributed by atoms with Crippen LogP contribution in [0.1, 0.15) is 32.1 Å². The Hall–Kier alpha value is 0.517. The van der Waals surface area contributed by atoms with Crippen molar-refractivity contribution in [2.24, 2.45) is 11.5 Å². The van der Waals surface area contributed by atoms with Crippen molar-refractivity contribution in [3.05, 3.63) is 0 Å². The number of unbranched alkanes of at least 4 members (excludes halogenated alkanes) is 4. The fourth-order valence-corrected chi connectivity index (χ4v) is 0.819. The van der Waals surface area contributed by atoms with Crippen molar-refractivity contribution < 1.29 is 0 Å². The van der Waals surface area contributed by atoms with E-state index in [1.54, 1.807) is 0 Å². The largest absolute Gasteiger partial charge is 0.330 e. The van der Waals surface area contributed by atoms with Gasteiger partial charge < -0.3 is 11.5 Å². The van der Waals surface area contributed by atoms with Gasteiger partial charge in [-0.25, -0.2) is 0 Å². The molecule has 4 N–H and O–H groups in total. The molecular weight excluding hydrogens is 119 g/mol. The normalized spacial score (nSPS) is 9.00. The Balaban J connectivity index is 0. The SMILES string of the molecule is NCCCCCCCN.[Li]. The van der Waals surface area contributed by atoms with Gasteiger partial charge in [0.25, 0.3) is 0 Å². The van der Waals surface area contributed by atoms with Gasteiger partial charge in [0, 0.05) is 18.9 Å². The first-order chi connectivity index (χ1) is 4.41. The molecule has 0 spiro atoms. The fraction of sp³-hybridized carbons (Fsp3) is 1.00. The van der Waals surface area contributed by atoms with E-state index in [1.807, 2.05) is 0 Å². The molecule has 2 nitrogen and oxygen atoms in total. The molecule has 0 rings (SSSR count). The monoisotopic (exact) mass is 137 g/mol. The van der Waals surface area contributed by atoms with Crippen LogP contribution < -0.4 is 11.5 Å². The molecule has 57 valence electrons. The Morgan fingerprint density at radius 1 is 0.600 bits per heavy atom. The van der Waals surface area contributed by atoms with Crippen LogP contribution in [0.4, 0.5) is 0 Å². The van der Waals surface area contributed by atoms with Crippen LogP contribution in [0.3, 0.4) is 0 Å². The minimum atomic E-state index is 0. The Morgan fingerprint density at radius 2 is 0.900 bits per heavy atom. The molecular formula is C7H18LiN2. The van der Waals surface area contributed by atoms with Gasteiger partial charge >= 0.3 is 0 Å². The number of hydrogen-bond donors (Lipinski definition) is 2. The maximum atomic E-state index is 5.32. The Morgan fingerprint density at radius 3 is 1.20 bits per heavy atom. The summed E-state index contributed by atoms with van der Waals surface area (Å²) in [7, 11) is 0. The molecule has 0 saturated heterocycles. The maximum Gasteiger partial charge on any atom is 0 e. The van der Waals surface area contributed by atoms with Crippen molar-refractivity contribution >= 4 is 18.9 Å². The van der Waals surface area contributed by atoms with Crippen LogP contribution in [0.15, 0.2) is 0 Å². The van der Waals surface area contributed by atoms with Crippen LogP contribution in [0, 0.1) is 0 Å². The van der Waals surface area contributed by atoms with E-state index in [2.05, 4.69) is 0 Å². The Kier molecular flexibility index (Phi) is 16.0. The minimum Gasteiger partial charge on any atom is -0.330 e. The zero-order chi connectivity index (χ0) is 6.95. The summed E-state index contributed by atoms with van der Waals surface area (Å²) >= 11 is 0. The zero-order valence-corrected chi connectivity index (χ0v) is 7.10. The first kappa shape index (κ1) is 13.1. The van der Waals surface area contributed by atoms with Gasteiger partial charge in [0.2, 0.25) is 0 Å². The molecule has 0 amide bonds. The summed E-state index contributed by atoms with van der Waals surface area (Å²) in [6.45, 7) is 1.67. The third-order valence-electron chi connectivity index (χ3n) is 1.41. The predicted molar refractivity (Wildman–Crippen MR) is 46.9 cm³/mol. The standard InChI is InChI=1S/C7H18N2.Li/c8-6-4-2-1-3-5-7-9;/h1-9H2;. The van der Waals surface area contributed by atoms with E-state index in [4.69, 9.17) is 11.5 Å². The number of nitrogens with two attached hydrogens (primary N) is 2. The summed E-state index contributed by atoms with van der Waals surface area (Å²) in [6, 6.07) is 0. The van der Waals surface area contributed by atoms with Crippen LogP contribution >= 0.6 is 0 Å². The van der Waals surface area contributed by atoms with E-state index in [-0.39, 0.29) is 18.9 Å². The molecule has 0 aliphatic heterocycles. The molecule has 0 heterocycles.